The van der Waals surface area contributed by atoms with Gasteiger partial charge in [0.25, 0.3) is 0 Å². The Morgan fingerprint density at radius 1 is 0.778 bits per heavy atom. The lowest BCUT2D eigenvalue weighted by Crippen LogP contribution is -2.15. The Kier molecular flexibility index (Phi) is 27.5. The minimum atomic E-state index is -0.579. The van der Waals surface area contributed by atoms with Crippen LogP contribution in [0.1, 0.15) is 153 Å². The number of esters is 4. The van der Waals surface area contributed by atoms with Gasteiger partial charge in [-0.15, -0.1) is 0 Å². The number of ether oxygens (including phenoxy) is 2. The Hall–Kier alpha value is -2.50. The lowest BCUT2D eigenvalue weighted by atomic mass is 9.87. The van der Waals surface area contributed by atoms with Gasteiger partial charge in [-0.05, 0) is 62.2 Å². The molecule has 0 N–H and O–H groups in total. The van der Waals surface area contributed by atoms with E-state index in [1.165, 1.54) is 77.0 Å². The molecular weight excluding hydrogens is 564 g/mol. The van der Waals surface area contributed by atoms with Crippen molar-refractivity contribution >= 4 is 23.9 Å². The van der Waals surface area contributed by atoms with E-state index in [4.69, 9.17) is 0 Å². The highest BCUT2D eigenvalue weighted by Gasteiger charge is 2.36. The third-order valence-electron chi connectivity index (χ3n) is 8.63. The molecule has 0 bridgehead atoms. The van der Waals surface area contributed by atoms with E-state index in [0.717, 1.165) is 36.3 Å². The molecule has 0 aromatic rings. The quantitative estimate of drug-likeness (QED) is 0.0609. The van der Waals surface area contributed by atoms with Gasteiger partial charge in [-0.3, -0.25) is 9.59 Å². The first-order valence-electron chi connectivity index (χ1n) is 17.5. The predicted octanol–water partition coefficient (Wildman–Crippen LogP) is 10.7. The van der Waals surface area contributed by atoms with Crippen molar-refractivity contribution in [3.8, 4) is 0 Å². The molecule has 2 heterocycles. The van der Waals surface area contributed by atoms with Crippen LogP contribution in [0.25, 0.3) is 0 Å². The molecule has 2 rings (SSSR count). The number of carbonyl (C=O) groups excluding carboxylic acids is 4. The summed E-state index contributed by atoms with van der Waals surface area (Å²) < 4.78 is 8.61. The molecule has 2 aliphatic heterocycles. The molecular formula is C39H68O6. The van der Waals surface area contributed by atoms with Gasteiger partial charge in [0.05, 0.1) is 12.3 Å². The number of rotatable bonds is 19. The molecule has 0 aliphatic carbocycles. The predicted molar refractivity (Wildman–Crippen MR) is 187 cm³/mol. The Bertz CT molecular complexity index is 885. The van der Waals surface area contributed by atoms with Crippen LogP contribution >= 0.6 is 0 Å². The van der Waals surface area contributed by atoms with Crippen LogP contribution in [0.3, 0.4) is 0 Å². The van der Waals surface area contributed by atoms with Crippen LogP contribution < -0.4 is 0 Å². The van der Waals surface area contributed by atoms with Crippen molar-refractivity contribution in [1.29, 1.82) is 0 Å². The van der Waals surface area contributed by atoms with Gasteiger partial charge in [-0.25, -0.2) is 9.59 Å². The molecule has 0 aromatic carbocycles. The van der Waals surface area contributed by atoms with Gasteiger partial charge >= 0.3 is 23.9 Å². The molecule has 6 unspecified atom stereocenters. The normalized spacial score (nSPS) is 19.2. The van der Waals surface area contributed by atoms with Crippen molar-refractivity contribution in [3.63, 3.8) is 0 Å². The smallest absolute Gasteiger partial charge is 0.338 e. The highest BCUT2D eigenvalue weighted by Crippen LogP contribution is 2.28. The van der Waals surface area contributed by atoms with Crippen molar-refractivity contribution in [2.24, 2.45) is 35.5 Å². The van der Waals surface area contributed by atoms with E-state index < -0.39 is 11.9 Å². The van der Waals surface area contributed by atoms with Gasteiger partial charge < -0.3 is 9.47 Å². The number of hydrogen-bond acceptors (Lipinski definition) is 6. The standard InChI is InChI=1S/C19H32O3.C15H30.C4H2O3.CH4/c1-5-7-8-9-14(3)12-16(6-2)11-10-15(4)17-13-18(20)22-19(17)21;1-5-8-10-11-14(4)13-15(7-3)12-9-6-2;5-3-1-2-4(6)7-3;/h10-11,14-17H,5-9,12-13H2,1-4H3;6,9,14-15H,5,7-8,10-13H2,1-4H3;1-2H;1H4/b11-10+;9-6+;;. The van der Waals surface area contributed by atoms with Gasteiger partial charge in [-0.2, -0.15) is 0 Å². The average Bonchev–Trinajstić information content (AvgIpc) is 3.55. The lowest BCUT2D eigenvalue weighted by Gasteiger charge is -2.18. The molecule has 0 saturated carbocycles. The highest BCUT2D eigenvalue weighted by atomic mass is 16.6. The van der Waals surface area contributed by atoms with Crippen LogP contribution in [0.2, 0.25) is 0 Å². The van der Waals surface area contributed by atoms with Crippen molar-refractivity contribution in [1.82, 2.24) is 0 Å². The Labute approximate surface area is 276 Å². The molecule has 6 nitrogen and oxygen atoms in total. The molecule has 1 saturated heterocycles. The van der Waals surface area contributed by atoms with E-state index in [0.29, 0.717) is 5.92 Å². The molecule has 0 radical (unpaired) electrons. The Morgan fingerprint density at radius 3 is 1.73 bits per heavy atom. The SMILES string of the molecule is C.C/C=C/CC(CC)CC(C)CCCCC.CCCCCC(C)CC(/C=C/C(C)C1CC(=O)OC1=O)CC.O=C1C=CC(=O)O1. The van der Waals surface area contributed by atoms with E-state index in [1.54, 1.807) is 0 Å². The second-order valence-corrected chi connectivity index (χ2v) is 12.8. The Balaban J connectivity index is 0. The zero-order chi connectivity index (χ0) is 33.3. The number of cyclic esters (lactones) is 4. The largest absolute Gasteiger partial charge is 0.393 e. The summed E-state index contributed by atoms with van der Waals surface area (Å²) in [5.74, 6) is 1.03. The topological polar surface area (TPSA) is 86.7 Å². The van der Waals surface area contributed by atoms with Crippen LogP contribution in [0.4, 0.5) is 0 Å². The minimum Gasteiger partial charge on any atom is -0.393 e. The maximum Gasteiger partial charge on any atom is 0.338 e. The maximum atomic E-state index is 11.6. The van der Waals surface area contributed by atoms with Gasteiger partial charge in [0.1, 0.15) is 0 Å². The molecule has 0 aromatic heterocycles. The fourth-order valence-electron chi connectivity index (χ4n) is 5.61. The zero-order valence-electron chi connectivity index (χ0n) is 29.3. The van der Waals surface area contributed by atoms with E-state index in [1.807, 2.05) is 6.92 Å². The van der Waals surface area contributed by atoms with Crippen LogP contribution in [0.15, 0.2) is 36.5 Å². The third kappa shape index (κ3) is 22.6. The second kappa shape index (κ2) is 27.8. The fraction of sp³-hybridized carbons (Fsp3) is 0.744. The second-order valence-electron chi connectivity index (χ2n) is 12.8. The summed E-state index contributed by atoms with van der Waals surface area (Å²) in [5.41, 5.74) is 0. The van der Waals surface area contributed by atoms with Crippen molar-refractivity contribution < 1.29 is 28.7 Å². The van der Waals surface area contributed by atoms with Crippen LogP contribution in [0, 0.1) is 35.5 Å². The summed E-state index contributed by atoms with van der Waals surface area (Å²) in [6.07, 6.45) is 28.5. The van der Waals surface area contributed by atoms with Gasteiger partial charge in [0.15, 0.2) is 0 Å². The number of unbranched alkanes of at least 4 members (excludes halogenated alkanes) is 4. The Morgan fingerprint density at radius 2 is 1.33 bits per heavy atom. The summed E-state index contributed by atoms with van der Waals surface area (Å²) in [4.78, 5) is 42.6. The van der Waals surface area contributed by atoms with E-state index in [-0.39, 0.29) is 37.6 Å². The summed E-state index contributed by atoms with van der Waals surface area (Å²) in [5, 5.41) is 0. The highest BCUT2D eigenvalue weighted by molar-refractivity contribution is 6.04. The van der Waals surface area contributed by atoms with Crippen LogP contribution in [-0.4, -0.2) is 23.9 Å². The maximum absolute atomic E-state index is 11.6. The molecule has 6 heteroatoms. The summed E-state index contributed by atoms with van der Waals surface area (Å²) in [7, 11) is 0. The van der Waals surface area contributed by atoms with E-state index in [9.17, 15) is 19.2 Å². The average molecular weight is 633 g/mol. The number of allylic oxidation sites excluding steroid dienone is 4. The van der Waals surface area contributed by atoms with E-state index >= 15 is 0 Å². The van der Waals surface area contributed by atoms with Crippen LogP contribution in [-0.2, 0) is 28.7 Å². The number of hydrogen-bond donors (Lipinski definition) is 0. The lowest BCUT2D eigenvalue weighted by molar-refractivity contribution is -0.154. The number of carbonyl (C=O) groups is 4. The van der Waals surface area contributed by atoms with Crippen molar-refractivity contribution in [2.75, 3.05) is 0 Å². The third-order valence-corrected chi connectivity index (χ3v) is 8.63. The fourth-order valence-corrected chi connectivity index (χ4v) is 5.61. The van der Waals surface area contributed by atoms with Crippen molar-refractivity contribution in [2.45, 2.75) is 153 Å². The molecule has 0 amide bonds. The van der Waals surface area contributed by atoms with Crippen LogP contribution in [0.5, 0.6) is 0 Å². The molecule has 0 spiro atoms. The first-order chi connectivity index (χ1) is 21.0. The summed E-state index contributed by atoms with van der Waals surface area (Å²) in [6, 6.07) is 0. The first kappa shape index (κ1) is 44.6. The molecule has 260 valence electrons. The van der Waals surface area contributed by atoms with Gasteiger partial charge in [-0.1, -0.05) is 138 Å². The van der Waals surface area contributed by atoms with Gasteiger partial charge in [0, 0.05) is 12.2 Å². The van der Waals surface area contributed by atoms with Crippen molar-refractivity contribution in [3.05, 3.63) is 36.5 Å². The summed E-state index contributed by atoms with van der Waals surface area (Å²) >= 11 is 0. The monoisotopic (exact) mass is 633 g/mol. The van der Waals surface area contributed by atoms with Gasteiger partial charge in [0.2, 0.25) is 0 Å². The summed E-state index contributed by atoms with van der Waals surface area (Å²) in [6.45, 7) is 17.9. The minimum absolute atomic E-state index is 0. The zero-order valence-corrected chi connectivity index (χ0v) is 29.3. The first-order valence-corrected chi connectivity index (χ1v) is 17.5. The molecule has 2 aliphatic rings. The molecule has 1 fully saturated rings. The van der Waals surface area contributed by atoms with E-state index in [2.05, 4.69) is 82.2 Å². The molecule has 45 heavy (non-hydrogen) atoms. The molecule has 6 atom stereocenters.